The summed E-state index contributed by atoms with van der Waals surface area (Å²) in [7, 11) is 0. The largest absolute Gasteiger partial charge is 0.508 e. The van der Waals surface area contributed by atoms with Crippen LogP contribution in [-0.2, 0) is 30.2 Å². The number of rotatable bonds is 8. The Morgan fingerprint density at radius 3 is 2.67 bits per heavy atom. The second-order valence-electron chi connectivity index (χ2n) is 7.87. The fourth-order valence-electron chi connectivity index (χ4n) is 3.76. The van der Waals surface area contributed by atoms with Crippen molar-refractivity contribution in [2.45, 2.75) is 56.8 Å². The summed E-state index contributed by atoms with van der Waals surface area (Å²) in [4.78, 5) is 12.4. The number of allylic oxidation sites excluding steroid dienone is 2. The molecule has 5 N–H and O–H groups in total. The minimum atomic E-state index is -1.58. The Hall–Kier alpha value is -2.47. The molecule has 0 aliphatic carbocycles. The monoisotopic (exact) mass is 466 g/mol. The van der Waals surface area contributed by atoms with Gasteiger partial charge in [0.15, 0.2) is 6.29 Å². The van der Waals surface area contributed by atoms with Crippen molar-refractivity contribution in [2.75, 3.05) is 13.2 Å². The van der Waals surface area contributed by atoms with Gasteiger partial charge in [-0.2, -0.15) is 0 Å². The quantitative estimate of drug-likeness (QED) is 0.263. The van der Waals surface area contributed by atoms with Crippen LogP contribution < -0.4 is 0 Å². The number of ether oxygens (including phenoxy) is 4. The number of aliphatic hydroxyl groups excluding tert-OH is 4. The van der Waals surface area contributed by atoms with Crippen molar-refractivity contribution in [1.82, 2.24) is 0 Å². The lowest BCUT2D eigenvalue weighted by molar-refractivity contribution is -0.327. The van der Waals surface area contributed by atoms with Gasteiger partial charge >= 0.3 is 5.97 Å². The Labute approximate surface area is 191 Å². The van der Waals surface area contributed by atoms with Crippen molar-refractivity contribution in [1.29, 1.82) is 0 Å². The topological polar surface area (TPSA) is 155 Å². The van der Waals surface area contributed by atoms with Crippen LogP contribution in [0.4, 0.5) is 0 Å². The summed E-state index contributed by atoms with van der Waals surface area (Å²) in [6, 6.07) is 6.71. The highest BCUT2D eigenvalue weighted by Gasteiger charge is 2.45. The molecule has 2 aliphatic rings. The highest BCUT2D eigenvalue weighted by molar-refractivity contribution is 5.70. The molecule has 0 saturated carbocycles. The third-order valence-corrected chi connectivity index (χ3v) is 5.60. The van der Waals surface area contributed by atoms with Gasteiger partial charge < -0.3 is 44.5 Å². The SMILES string of the molecule is C/C=C1/[C@H](O[C@@H]2O[C@H](CO)[C@@H](O)[C@H](O)[C@H]2O)OC=C[C@H]1CC(=O)OCCc1cccc(O)c1. The summed E-state index contributed by atoms with van der Waals surface area (Å²) in [5, 5.41) is 48.9. The highest BCUT2D eigenvalue weighted by Crippen LogP contribution is 2.31. The maximum absolute atomic E-state index is 12.4. The zero-order chi connectivity index (χ0) is 24.0. The summed E-state index contributed by atoms with van der Waals surface area (Å²) < 4.78 is 21.9. The predicted molar refractivity (Wildman–Crippen MR) is 113 cm³/mol. The molecule has 0 bridgehead atoms. The highest BCUT2D eigenvalue weighted by atomic mass is 16.8. The van der Waals surface area contributed by atoms with Gasteiger partial charge in [0.05, 0.1) is 25.9 Å². The van der Waals surface area contributed by atoms with E-state index < -0.39 is 55.5 Å². The Kier molecular flexibility index (Phi) is 8.84. The van der Waals surface area contributed by atoms with Crippen molar-refractivity contribution in [2.24, 2.45) is 5.92 Å². The van der Waals surface area contributed by atoms with E-state index in [4.69, 9.17) is 18.9 Å². The minimum Gasteiger partial charge on any atom is -0.508 e. The van der Waals surface area contributed by atoms with E-state index in [1.165, 1.54) is 6.26 Å². The zero-order valence-corrected chi connectivity index (χ0v) is 18.2. The molecule has 0 radical (unpaired) electrons. The van der Waals surface area contributed by atoms with Gasteiger partial charge in [-0.25, -0.2) is 0 Å². The third kappa shape index (κ3) is 6.32. The first-order valence-electron chi connectivity index (χ1n) is 10.7. The number of carbonyl (C=O) groups is 1. The van der Waals surface area contributed by atoms with E-state index in [9.17, 15) is 30.3 Å². The Bertz CT molecular complexity index is 851. The molecule has 7 atom stereocenters. The summed E-state index contributed by atoms with van der Waals surface area (Å²) >= 11 is 0. The lowest BCUT2D eigenvalue weighted by Gasteiger charge is -2.41. The molecular formula is C23H30O10. The van der Waals surface area contributed by atoms with E-state index in [0.717, 1.165) is 5.56 Å². The second kappa shape index (κ2) is 11.6. The first-order chi connectivity index (χ1) is 15.8. The minimum absolute atomic E-state index is 0.0219. The number of aromatic hydroxyl groups is 1. The molecule has 3 rings (SSSR count). The number of carbonyl (C=O) groups excluding carboxylic acids is 1. The smallest absolute Gasteiger partial charge is 0.306 e. The molecule has 10 heteroatoms. The van der Waals surface area contributed by atoms with Gasteiger partial charge in [0.2, 0.25) is 6.29 Å². The number of benzene rings is 1. The predicted octanol–water partition coefficient (Wildman–Crippen LogP) is 0.117. The molecule has 33 heavy (non-hydrogen) atoms. The van der Waals surface area contributed by atoms with Gasteiger partial charge in [-0.3, -0.25) is 4.79 Å². The van der Waals surface area contributed by atoms with Gasteiger partial charge in [0.1, 0.15) is 30.2 Å². The van der Waals surface area contributed by atoms with Crippen LogP contribution in [0.2, 0.25) is 0 Å². The maximum atomic E-state index is 12.4. The summed E-state index contributed by atoms with van der Waals surface area (Å²) in [5.41, 5.74) is 1.43. The van der Waals surface area contributed by atoms with Crippen LogP contribution in [0, 0.1) is 5.92 Å². The number of phenolic OH excluding ortho intramolecular Hbond substituents is 1. The van der Waals surface area contributed by atoms with Crippen LogP contribution >= 0.6 is 0 Å². The number of esters is 1. The van der Waals surface area contributed by atoms with Crippen molar-refractivity contribution < 1.29 is 49.3 Å². The Morgan fingerprint density at radius 1 is 1.18 bits per heavy atom. The van der Waals surface area contributed by atoms with E-state index in [-0.39, 0.29) is 18.8 Å². The van der Waals surface area contributed by atoms with Gasteiger partial charge in [-0.05, 0) is 30.7 Å². The zero-order valence-electron chi connectivity index (χ0n) is 18.2. The number of hydrogen-bond acceptors (Lipinski definition) is 10. The van der Waals surface area contributed by atoms with Crippen molar-refractivity contribution >= 4 is 5.97 Å². The van der Waals surface area contributed by atoms with Gasteiger partial charge in [0.25, 0.3) is 0 Å². The Balaban J connectivity index is 1.55. The molecule has 0 unspecified atom stereocenters. The second-order valence-corrected chi connectivity index (χ2v) is 7.87. The molecule has 0 amide bonds. The number of aliphatic hydroxyl groups is 4. The van der Waals surface area contributed by atoms with E-state index in [1.54, 1.807) is 37.3 Å². The Morgan fingerprint density at radius 2 is 1.97 bits per heavy atom. The standard InChI is InChI=1S/C23H30O10/c1-2-16-14(11-18(26)30-8-6-13-4-3-5-15(25)10-13)7-9-31-22(16)33-23-21(29)20(28)19(27)17(12-24)32-23/h2-5,7,9-10,14,17,19-25,27-29H,6,8,11-12H2,1H3/b16-2+/t14-,17+,19+,20-,21+,22-,23-/m0/s1. The van der Waals surface area contributed by atoms with Gasteiger partial charge in [0, 0.05) is 17.9 Å². The lowest BCUT2D eigenvalue weighted by Crippen LogP contribution is -2.60. The maximum Gasteiger partial charge on any atom is 0.306 e. The fraction of sp³-hybridized carbons (Fsp3) is 0.522. The number of hydrogen-bond donors (Lipinski definition) is 5. The molecule has 1 aromatic rings. The van der Waals surface area contributed by atoms with Crippen LogP contribution in [-0.4, -0.2) is 81.7 Å². The van der Waals surface area contributed by atoms with Gasteiger partial charge in [-0.15, -0.1) is 0 Å². The molecule has 1 saturated heterocycles. The van der Waals surface area contributed by atoms with Crippen LogP contribution in [0.5, 0.6) is 5.75 Å². The molecule has 1 aromatic carbocycles. The molecule has 0 spiro atoms. The fourth-order valence-corrected chi connectivity index (χ4v) is 3.76. The summed E-state index contributed by atoms with van der Waals surface area (Å²) in [6.45, 7) is 1.32. The lowest BCUT2D eigenvalue weighted by atomic mass is 9.93. The molecule has 2 aliphatic heterocycles. The van der Waals surface area contributed by atoms with Crippen LogP contribution in [0.15, 0.2) is 48.3 Å². The van der Waals surface area contributed by atoms with Crippen LogP contribution in [0.3, 0.4) is 0 Å². The molecular weight excluding hydrogens is 436 g/mol. The van der Waals surface area contributed by atoms with E-state index >= 15 is 0 Å². The van der Waals surface area contributed by atoms with E-state index in [1.807, 2.05) is 6.07 Å². The van der Waals surface area contributed by atoms with Crippen molar-refractivity contribution in [3.8, 4) is 5.75 Å². The molecule has 2 heterocycles. The molecule has 0 aromatic heterocycles. The number of phenols is 1. The first-order valence-corrected chi connectivity index (χ1v) is 10.7. The normalized spacial score (nSPS) is 33.0. The van der Waals surface area contributed by atoms with Crippen LogP contribution in [0.25, 0.3) is 0 Å². The molecule has 1 fully saturated rings. The average Bonchev–Trinajstić information content (AvgIpc) is 2.79. The van der Waals surface area contributed by atoms with Crippen LogP contribution in [0.1, 0.15) is 18.9 Å². The summed E-state index contributed by atoms with van der Waals surface area (Å²) in [6.07, 6.45) is -2.92. The van der Waals surface area contributed by atoms with Crippen molar-refractivity contribution in [3.05, 3.63) is 53.8 Å². The molecule has 10 nitrogen and oxygen atoms in total. The van der Waals surface area contributed by atoms with E-state index in [2.05, 4.69) is 0 Å². The average molecular weight is 466 g/mol. The molecule has 182 valence electrons. The first kappa shape index (κ1) is 25.2. The summed E-state index contributed by atoms with van der Waals surface area (Å²) in [5.74, 6) is -0.682. The van der Waals surface area contributed by atoms with E-state index in [0.29, 0.717) is 12.0 Å². The third-order valence-electron chi connectivity index (χ3n) is 5.60. The van der Waals surface area contributed by atoms with Crippen molar-refractivity contribution in [3.63, 3.8) is 0 Å². The van der Waals surface area contributed by atoms with Gasteiger partial charge in [-0.1, -0.05) is 18.2 Å².